The Kier molecular flexibility index (Phi) is 6.39. The molecule has 6 nitrogen and oxygen atoms in total. The van der Waals surface area contributed by atoms with Crippen LogP contribution in [0.3, 0.4) is 0 Å². The van der Waals surface area contributed by atoms with Gasteiger partial charge < -0.3 is 15.1 Å². The number of nitrogens with one attached hydrogen (secondary N) is 1. The third-order valence-electron chi connectivity index (χ3n) is 5.70. The normalized spacial score (nSPS) is 17.0. The fourth-order valence-electron chi connectivity index (χ4n) is 3.98. The third-order valence-corrected chi connectivity index (χ3v) is 5.70. The number of para-hydroxylation sites is 1. The average molecular weight is 392 g/mol. The van der Waals surface area contributed by atoms with Crippen molar-refractivity contribution in [3.05, 3.63) is 60.1 Å². The van der Waals surface area contributed by atoms with Gasteiger partial charge in [-0.2, -0.15) is 0 Å². The van der Waals surface area contributed by atoms with E-state index in [-0.39, 0.29) is 5.91 Å². The molecule has 152 valence electrons. The zero-order valence-corrected chi connectivity index (χ0v) is 16.9. The van der Waals surface area contributed by atoms with E-state index in [1.54, 1.807) is 12.4 Å². The third kappa shape index (κ3) is 5.13. The Morgan fingerprint density at radius 3 is 2.52 bits per heavy atom. The molecule has 1 aliphatic carbocycles. The van der Waals surface area contributed by atoms with E-state index in [1.165, 1.54) is 36.9 Å². The smallest absolute Gasteiger partial charge is 0.274 e. The molecule has 2 aromatic rings. The van der Waals surface area contributed by atoms with Crippen molar-refractivity contribution in [2.75, 3.05) is 42.9 Å². The predicted molar refractivity (Wildman–Crippen MR) is 116 cm³/mol. The summed E-state index contributed by atoms with van der Waals surface area (Å²) in [7, 11) is 0. The lowest BCUT2D eigenvalue weighted by molar-refractivity contribution is 0.0740. The fraction of sp³-hybridized carbons (Fsp3) is 0.435. The Hall–Kier alpha value is -2.89. The molecule has 0 radical (unpaired) electrons. The molecule has 1 amide bonds. The number of carbonyl (C=O) groups excluding carboxylic acids is 1. The number of anilines is 2. The monoisotopic (exact) mass is 391 g/mol. The number of hydrogen-bond donors (Lipinski definition) is 1. The molecule has 4 rings (SSSR count). The van der Waals surface area contributed by atoms with Crippen LogP contribution in [0.1, 0.15) is 42.6 Å². The van der Waals surface area contributed by atoms with Crippen molar-refractivity contribution < 1.29 is 4.79 Å². The summed E-state index contributed by atoms with van der Waals surface area (Å²) in [6, 6.07) is 10.3. The second kappa shape index (κ2) is 9.54. The standard InChI is InChI=1S/C23H29N5O/c29-23(28-15-13-27(14-16-28)20-9-5-2-6-10-20)21-17-26-22(18-25-21)24-12-11-19-7-3-1-4-8-19/h2,5-7,9-10,17-18H,1,3-4,8,11-16H2,(H,24,26). The highest BCUT2D eigenvalue weighted by Crippen LogP contribution is 2.20. The molecule has 1 aromatic heterocycles. The van der Waals surface area contributed by atoms with Crippen LogP contribution in [0.2, 0.25) is 0 Å². The fourth-order valence-corrected chi connectivity index (χ4v) is 3.98. The molecule has 0 saturated carbocycles. The van der Waals surface area contributed by atoms with E-state index in [0.29, 0.717) is 18.8 Å². The molecular weight excluding hydrogens is 362 g/mol. The molecular formula is C23H29N5O. The van der Waals surface area contributed by atoms with Crippen molar-refractivity contribution in [3.63, 3.8) is 0 Å². The minimum absolute atomic E-state index is 0.0378. The molecule has 2 aliphatic rings. The van der Waals surface area contributed by atoms with Gasteiger partial charge in [0.2, 0.25) is 0 Å². The van der Waals surface area contributed by atoms with E-state index in [1.807, 2.05) is 23.1 Å². The molecule has 1 N–H and O–H groups in total. The highest BCUT2D eigenvalue weighted by Gasteiger charge is 2.23. The lowest BCUT2D eigenvalue weighted by atomic mass is 9.97. The van der Waals surface area contributed by atoms with E-state index >= 15 is 0 Å². The Morgan fingerprint density at radius 2 is 1.83 bits per heavy atom. The lowest BCUT2D eigenvalue weighted by Crippen LogP contribution is -2.49. The number of allylic oxidation sites excluding steroid dienone is 1. The summed E-state index contributed by atoms with van der Waals surface area (Å²) in [4.78, 5) is 25.7. The van der Waals surface area contributed by atoms with Crippen molar-refractivity contribution >= 4 is 17.4 Å². The molecule has 0 unspecified atom stereocenters. The Bertz CT molecular complexity index is 826. The van der Waals surface area contributed by atoms with Crippen molar-refractivity contribution in [1.29, 1.82) is 0 Å². The molecule has 1 fully saturated rings. The summed E-state index contributed by atoms with van der Waals surface area (Å²) >= 11 is 0. The van der Waals surface area contributed by atoms with Gasteiger partial charge in [0.25, 0.3) is 5.91 Å². The molecule has 0 atom stereocenters. The van der Waals surface area contributed by atoms with Gasteiger partial charge in [0.15, 0.2) is 0 Å². The molecule has 1 aliphatic heterocycles. The Morgan fingerprint density at radius 1 is 1.00 bits per heavy atom. The molecule has 2 heterocycles. The van der Waals surface area contributed by atoms with Crippen LogP contribution in [0.15, 0.2) is 54.4 Å². The number of hydrogen-bond acceptors (Lipinski definition) is 5. The number of piperazine rings is 1. The van der Waals surface area contributed by atoms with Gasteiger partial charge in [0.05, 0.1) is 12.4 Å². The van der Waals surface area contributed by atoms with Crippen LogP contribution in [0.5, 0.6) is 0 Å². The van der Waals surface area contributed by atoms with Crippen LogP contribution in [-0.2, 0) is 0 Å². The van der Waals surface area contributed by atoms with Gasteiger partial charge in [-0.3, -0.25) is 4.79 Å². The van der Waals surface area contributed by atoms with Gasteiger partial charge in [0.1, 0.15) is 11.5 Å². The molecule has 0 spiro atoms. The molecule has 1 saturated heterocycles. The number of nitrogens with zero attached hydrogens (tertiary/aromatic N) is 4. The molecule has 1 aromatic carbocycles. The van der Waals surface area contributed by atoms with Crippen LogP contribution in [0, 0.1) is 0 Å². The first-order valence-electron chi connectivity index (χ1n) is 10.6. The van der Waals surface area contributed by atoms with Crippen LogP contribution in [0.25, 0.3) is 0 Å². The van der Waals surface area contributed by atoms with E-state index in [9.17, 15) is 4.79 Å². The van der Waals surface area contributed by atoms with Gasteiger partial charge in [-0.1, -0.05) is 29.8 Å². The van der Waals surface area contributed by atoms with E-state index in [4.69, 9.17) is 0 Å². The number of aromatic nitrogens is 2. The van der Waals surface area contributed by atoms with Gasteiger partial charge in [-0.05, 0) is 44.2 Å². The number of rotatable bonds is 6. The zero-order valence-electron chi connectivity index (χ0n) is 16.9. The largest absolute Gasteiger partial charge is 0.368 e. The van der Waals surface area contributed by atoms with Gasteiger partial charge in [-0.25, -0.2) is 9.97 Å². The van der Waals surface area contributed by atoms with Crippen molar-refractivity contribution in [3.8, 4) is 0 Å². The number of amides is 1. The molecule has 6 heteroatoms. The maximum atomic E-state index is 12.8. The average Bonchev–Trinajstić information content (AvgIpc) is 2.80. The second-order valence-corrected chi connectivity index (χ2v) is 7.69. The second-order valence-electron chi connectivity index (χ2n) is 7.69. The summed E-state index contributed by atoms with van der Waals surface area (Å²) in [5.74, 6) is 0.691. The van der Waals surface area contributed by atoms with Crippen molar-refractivity contribution in [1.82, 2.24) is 14.9 Å². The van der Waals surface area contributed by atoms with E-state index in [0.717, 1.165) is 31.9 Å². The quantitative estimate of drug-likeness (QED) is 0.760. The summed E-state index contributed by atoms with van der Waals surface area (Å²) in [5.41, 5.74) is 3.16. The van der Waals surface area contributed by atoms with E-state index < -0.39 is 0 Å². The first kappa shape index (κ1) is 19.4. The summed E-state index contributed by atoms with van der Waals surface area (Å²) in [5, 5.41) is 3.32. The van der Waals surface area contributed by atoms with Crippen LogP contribution >= 0.6 is 0 Å². The highest BCUT2D eigenvalue weighted by molar-refractivity contribution is 5.92. The summed E-state index contributed by atoms with van der Waals surface area (Å²) in [6.07, 6.45) is 11.7. The van der Waals surface area contributed by atoms with Crippen LogP contribution in [-0.4, -0.2) is 53.5 Å². The van der Waals surface area contributed by atoms with Gasteiger partial charge >= 0.3 is 0 Å². The predicted octanol–water partition coefficient (Wildman–Crippen LogP) is 3.74. The topological polar surface area (TPSA) is 61.4 Å². The molecule has 29 heavy (non-hydrogen) atoms. The Labute approximate surface area is 172 Å². The zero-order chi connectivity index (χ0) is 19.9. The Balaban J connectivity index is 1.25. The summed E-state index contributed by atoms with van der Waals surface area (Å²) < 4.78 is 0. The van der Waals surface area contributed by atoms with Crippen LogP contribution < -0.4 is 10.2 Å². The van der Waals surface area contributed by atoms with Crippen molar-refractivity contribution in [2.45, 2.75) is 32.1 Å². The van der Waals surface area contributed by atoms with Gasteiger partial charge in [0, 0.05) is 38.4 Å². The minimum atomic E-state index is -0.0378. The van der Waals surface area contributed by atoms with Crippen LogP contribution in [0.4, 0.5) is 11.5 Å². The number of carbonyl (C=O) groups is 1. The maximum absolute atomic E-state index is 12.8. The van der Waals surface area contributed by atoms with E-state index in [2.05, 4.69) is 38.4 Å². The summed E-state index contributed by atoms with van der Waals surface area (Å²) in [6.45, 7) is 3.92. The first-order valence-corrected chi connectivity index (χ1v) is 10.6. The number of benzene rings is 1. The highest BCUT2D eigenvalue weighted by atomic mass is 16.2. The molecule has 0 bridgehead atoms. The SMILES string of the molecule is O=C(c1cnc(NCCC2=CCCCC2)cn1)N1CCN(c2ccccc2)CC1. The first-order chi connectivity index (χ1) is 14.3. The minimum Gasteiger partial charge on any atom is -0.368 e. The van der Waals surface area contributed by atoms with Crippen molar-refractivity contribution in [2.24, 2.45) is 0 Å². The van der Waals surface area contributed by atoms with Gasteiger partial charge in [-0.15, -0.1) is 0 Å². The maximum Gasteiger partial charge on any atom is 0.274 e. The lowest BCUT2D eigenvalue weighted by Gasteiger charge is -2.35.